The third-order valence-corrected chi connectivity index (χ3v) is 4.92. The molecule has 0 atom stereocenters. The monoisotopic (exact) mass is 353 g/mol. The Kier molecular flexibility index (Phi) is 4.97. The van der Waals surface area contributed by atoms with Crippen molar-refractivity contribution in [1.82, 2.24) is 15.1 Å². The van der Waals surface area contributed by atoms with Gasteiger partial charge in [-0.2, -0.15) is 5.10 Å². The maximum atomic E-state index is 12.6. The summed E-state index contributed by atoms with van der Waals surface area (Å²) in [6, 6.07) is 11.6. The van der Waals surface area contributed by atoms with Gasteiger partial charge in [0.2, 0.25) is 0 Å². The summed E-state index contributed by atoms with van der Waals surface area (Å²) in [4.78, 5) is 19.0. The number of nitrogens with zero attached hydrogens (tertiary/aromatic N) is 5. The van der Waals surface area contributed by atoms with Crippen LogP contribution >= 0.6 is 0 Å². The van der Waals surface area contributed by atoms with Gasteiger partial charge in [0.25, 0.3) is 5.91 Å². The Labute approximate surface area is 153 Å². The lowest BCUT2D eigenvalue weighted by atomic mass is 10.2. The molecule has 0 N–H and O–H groups in total. The Balaban J connectivity index is 1.39. The molecule has 7 heteroatoms. The Hall–Kier alpha value is -2.67. The first-order chi connectivity index (χ1) is 12.8. The zero-order valence-corrected chi connectivity index (χ0v) is 14.8. The molecule has 2 fully saturated rings. The molecule has 26 heavy (non-hydrogen) atoms. The van der Waals surface area contributed by atoms with Gasteiger partial charge in [-0.3, -0.25) is 4.79 Å². The van der Waals surface area contributed by atoms with E-state index >= 15 is 0 Å². The number of morpholine rings is 1. The summed E-state index contributed by atoms with van der Waals surface area (Å²) in [5.41, 5.74) is 1.81. The summed E-state index contributed by atoms with van der Waals surface area (Å²) in [5, 5.41) is 8.45. The van der Waals surface area contributed by atoms with Gasteiger partial charge in [-0.1, -0.05) is 18.2 Å². The van der Waals surface area contributed by atoms with Crippen LogP contribution in [0.2, 0.25) is 0 Å². The Morgan fingerprint density at radius 3 is 2.38 bits per heavy atom. The van der Waals surface area contributed by atoms with Gasteiger partial charge in [0, 0.05) is 50.9 Å². The van der Waals surface area contributed by atoms with Crippen LogP contribution in [0.15, 0.2) is 42.6 Å². The predicted molar refractivity (Wildman–Crippen MR) is 99.6 cm³/mol. The second kappa shape index (κ2) is 7.70. The molecule has 0 aliphatic carbocycles. The van der Waals surface area contributed by atoms with E-state index in [0.717, 1.165) is 56.5 Å². The average Bonchev–Trinajstić information content (AvgIpc) is 2.75. The fourth-order valence-corrected chi connectivity index (χ4v) is 3.40. The molecular weight excluding hydrogens is 330 g/mol. The van der Waals surface area contributed by atoms with Crippen LogP contribution in [0.4, 0.5) is 11.5 Å². The Morgan fingerprint density at radius 2 is 1.65 bits per heavy atom. The summed E-state index contributed by atoms with van der Waals surface area (Å²) in [7, 11) is 0. The molecule has 2 saturated heterocycles. The van der Waals surface area contributed by atoms with E-state index in [-0.39, 0.29) is 5.91 Å². The standard InChI is InChI=1S/C19H23N5O2/c25-19(16-4-2-1-3-5-16)24-8-6-22(7-9-24)17-14-18(21-20-15-17)23-10-12-26-13-11-23/h1-5,14-15H,6-13H2. The number of carbonyl (C=O) groups excluding carboxylic acids is 1. The van der Waals surface area contributed by atoms with Crippen molar-refractivity contribution >= 4 is 17.4 Å². The molecule has 0 spiro atoms. The second-order valence-corrected chi connectivity index (χ2v) is 6.52. The van der Waals surface area contributed by atoms with Crippen LogP contribution in [-0.2, 0) is 4.74 Å². The number of amides is 1. The number of aromatic nitrogens is 2. The first-order valence-corrected chi connectivity index (χ1v) is 9.06. The second-order valence-electron chi connectivity index (χ2n) is 6.52. The molecule has 2 aliphatic heterocycles. The van der Waals surface area contributed by atoms with E-state index in [0.29, 0.717) is 13.1 Å². The van der Waals surface area contributed by atoms with Gasteiger partial charge in [0.1, 0.15) is 0 Å². The molecule has 4 rings (SSSR count). The zero-order valence-electron chi connectivity index (χ0n) is 14.8. The van der Waals surface area contributed by atoms with Crippen LogP contribution in [0.3, 0.4) is 0 Å². The van der Waals surface area contributed by atoms with Crippen LogP contribution in [-0.4, -0.2) is 73.5 Å². The van der Waals surface area contributed by atoms with Crippen LogP contribution in [0.1, 0.15) is 10.4 Å². The highest BCUT2D eigenvalue weighted by atomic mass is 16.5. The van der Waals surface area contributed by atoms with Gasteiger partial charge in [0.15, 0.2) is 5.82 Å². The Bertz CT molecular complexity index is 741. The van der Waals surface area contributed by atoms with Crippen molar-refractivity contribution in [3.8, 4) is 0 Å². The normalized spacial score (nSPS) is 18.1. The number of rotatable bonds is 3. The highest BCUT2D eigenvalue weighted by molar-refractivity contribution is 5.94. The SMILES string of the molecule is O=C(c1ccccc1)N1CCN(c2cnnc(N3CCOCC3)c2)CC1. The lowest BCUT2D eigenvalue weighted by molar-refractivity contribution is 0.0747. The zero-order chi connectivity index (χ0) is 17.8. The molecule has 0 radical (unpaired) electrons. The van der Waals surface area contributed by atoms with Gasteiger partial charge < -0.3 is 19.4 Å². The smallest absolute Gasteiger partial charge is 0.253 e. The minimum Gasteiger partial charge on any atom is -0.378 e. The van der Waals surface area contributed by atoms with Crippen LogP contribution < -0.4 is 9.80 Å². The minimum atomic E-state index is 0.104. The molecule has 0 saturated carbocycles. The number of hydrogen-bond acceptors (Lipinski definition) is 6. The number of carbonyl (C=O) groups is 1. The first kappa shape index (κ1) is 16.8. The molecule has 2 aliphatic rings. The predicted octanol–water partition coefficient (Wildman–Crippen LogP) is 1.28. The van der Waals surface area contributed by atoms with Crippen molar-refractivity contribution in [2.45, 2.75) is 0 Å². The van der Waals surface area contributed by atoms with Crippen LogP contribution in [0.25, 0.3) is 0 Å². The van der Waals surface area contributed by atoms with Crippen molar-refractivity contribution in [3.05, 3.63) is 48.2 Å². The van der Waals surface area contributed by atoms with Crippen LogP contribution in [0.5, 0.6) is 0 Å². The van der Waals surface area contributed by atoms with E-state index < -0.39 is 0 Å². The van der Waals surface area contributed by atoms with Gasteiger partial charge in [-0.15, -0.1) is 5.10 Å². The number of benzene rings is 1. The van der Waals surface area contributed by atoms with Crippen molar-refractivity contribution in [1.29, 1.82) is 0 Å². The average molecular weight is 353 g/mol. The third-order valence-electron chi connectivity index (χ3n) is 4.92. The van der Waals surface area contributed by atoms with E-state index in [1.807, 2.05) is 35.2 Å². The summed E-state index contributed by atoms with van der Waals surface area (Å²) in [5.74, 6) is 1.00. The van der Waals surface area contributed by atoms with E-state index in [1.165, 1.54) is 0 Å². The molecule has 0 bridgehead atoms. The maximum Gasteiger partial charge on any atom is 0.253 e. The summed E-state index contributed by atoms with van der Waals surface area (Å²) >= 11 is 0. The number of anilines is 2. The first-order valence-electron chi connectivity index (χ1n) is 9.06. The molecular formula is C19H23N5O2. The van der Waals surface area contributed by atoms with Crippen molar-refractivity contribution in [3.63, 3.8) is 0 Å². The maximum absolute atomic E-state index is 12.6. The topological polar surface area (TPSA) is 61.8 Å². The highest BCUT2D eigenvalue weighted by Crippen LogP contribution is 2.21. The lowest BCUT2D eigenvalue weighted by Gasteiger charge is -2.36. The molecule has 1 amide bonds. The number of hydrogen-bond donors (Lipinski definition) is 0. The van der Waals surface area contributed by atoms with Gasteiger partial charge >= 0.3 is 0 Å². The van der Waals surface area contributed by atoms with Gasteiger partial charge in [-0.05, 0) is 12.1 Å². The van der Waals surface area contributed by atoms with Crippen molar-refractivity contribution in [2.75, 3.05) is 62.3 Å². The van der Waals surface area contributed by atoms with E-state index in [2.05, 4.69) is 26.1 Å². The number of piperazine rings is 1. The number of ether oxygens (including phenoxy) is 1. The molecule has 3 heterocycles. The molecule has 0 unspecified atom stereocenters. The van der Waals surface area contributed by atoms with Crippen molar-refractivity contribution < 1.29 is 9.53 Å². The molecule has 7 nitrogen and oxygen atoms in total. The molecule has 2 aromatic rings. The summed E-state index contributed by atoms with van der Waals surface area (Å²) in [6.07, 6.45) is 1.80. The van der Waals surface area contributed by atoms with Gasteiger partial charge in [0.05, 0.1) is 25.1 Å². The van der Waals surface area contributed by atoms with Crippen LogP contribution in [0, 0.1) is 0 Å². The Morgan fingerprint density at radius 1 is 0.923 bits per heavy atom. The largest absolute Gasteiger partial charge is 0.378 e. The minimum absolute atomic E-state index is 0.104. The van der Waals surface area contributed by atoms with E-state index in [9.17, 15) is 4.79 Å². The molecule has 1 aromatic carbocycles. The quantitative estimate of drug-likeness (QED) is 0.828. The lowest BCUT2D eigenvalue weighted by Crippen LogP contribution is -2.49. The summed E-state index contributed by atoms with van der Waals surface area (Å²) in [6.45, 7) is 6.17. The van der Waals surface area contributed by atoms with E-state index in [4.69, 9.17) is 4.74 Å². The highest BCUT2D eigenvalue weighted by Gasteiger charge is 2.23. The van der Waals surface area contributed by atoms with E-state index in [1.54, 1.807) is 6.20 Å². The van der Waals surface area contributed by atoms with Gasteiger partial charge in [-0.25, -0.2) is 0 Å². The fraction of sp³-hybridized carbons (Fsp3) is 0.421. The fourth-order valence-electron chi connectivity index (χ4n) is 3.40. The molecule has 1 aromatic heterocycles. The third kappa shape index (κ3) is 3.62. The summed E-state index contributed by atoms with van der Waals surface area (Å²) < 4.78 is 5.40. The van der Waals surface area contributed by atoms with Crippen molar-refractivity contribution in [2.24, 2.45) is 0 Å². The molecule has 136 valence electrons.